The zero-order valence-corrected chi connectivity index (χ0v) is 11.9. The minimum absolute atomic E-state index is 0.0585. The molecule has 1 unspecified atom stereocenters. The van der Waals surface area contributed by atoms with Crippen molar-refractivity contribution in [2.75, 3.05) is 13.2 Å². The van der Waals surface area contributed by atoms with E-state index in [0.29, 0.717) is 6.04 Å². The molecule has 1 saturated carbocycles. The molecule has 3 heteroatoms. The number of nitrogens with one attached hydrogen (secondary N) is 1. The van der Waals surface area contributed by atoms with E-state index in [2.05, 4.69) is 19.2 Å². The molecule has 0 bridgehead atoms. The van der Waals surface area contributed by atoms with Crippen LogP contribution < -0.4 is 5.32 Å². The number of hydrogen-bond donors (Lipinski definition) is 1. The zero-order valence-electron chi connectivity index (χ0n) is 11.9. The SMILES string of the molecule is CC(C)NCC(OCCC1CC1)c1cccc(F)c1. The van der Waals surface area contributed by atoms with Crippen LogP contribution in [0.25, 0.3) is 0 Å². The second kappa shape index (κ2) is 7.01. The first-order valence-electron chi connectivity index (χ1n) is 7.25. The van der Waals surface area contributed by atoms with E-state index in [4.69, 9.17) is 4.74 Å². The molecule has 1 atom stereocenters. The van der Waals surface area contributed by atoms with Gasteiger partial charge in [-0.1, -0.05) is 38.8 Å². The quantitative estimate of drug-likeness (QED) is 0.774. The van der Waals surface area contributed by atoms with Crippen LogP contribution in [0.5, 0.6) is 0 Å². The van der Waals surface area contributed by atoms with Gasteiger partial charge in [-0.3, -0.25) is 0 Å². The molecule has 1 fully saturated rings. The molecule has 0 heterocycles. The molecule has 0 radical (unpaired) electrons. The Morgan fingerprint density at radius 1 is 1.37 bits per heavy atom. The Bertz CT molecular complexity index is 390. The molecule has 0 aliphatic heterocycles. The van der Waals surface area contributed by atoms with Crippen LogP contribution in [0, 0.1) is 11.7 Å². The number of rotatable bonds is 8. The Kier molecular flexibility index (Phi) is 5.34. The van der Waals surface area contributed by atoms with E-state index in [1.165, 1.54) is 18.9 Å². The lowest BCUT2D eigenvalue weighted by Crippen LogP contribution is -2.29. The summed E-state index contributed by atoms with van der Waals surface area (Å²) in [6.07, 6.45) is 3.76. The van der Waals surface area contributed by atoms with Crippen LogP contribution in [0.1, 0.15) is 44.8 Å². The lowest BCUT2D eigenvalue weighted by molar-refractivity contribution is 0.0471. The van der Waals surface area contributed by atoms with Gasteiger partial charge in [-0.05, 0) is 30.0 Å². The largest absolute Gasteiger partial charge is 0.372 e. The van der Waals surface area contributed by atoms with E-state index in [-0.39, 0.29) is 11.9 Å². The van der Waals surface area contributed by atoms with E-state index < -0.39 is 0 Å². The fraction of sp³-hybridized carbons (Fsp3) is 0.625. The average Bonchev–Trinajstić information content (AvgIpc) is 3.17. The second-order valence-electron chi connectivity index (χ2n) is 5.71. The third kappa shape index (κ3) is 5.29. The monoisotopic (exact) mass is 265 g/mol. The van der Waals surface area contributed by atoms with E-state index in [9.17, 15) is 4.39 Å². The number of hydrogen-bond acceptors (Lipinski definition) is 2. The van der Waals surface area contributed by atoms with Gasteiger partial charge < -0.3 is 10.1 Å². The summed E-state index contributed by atoms with van der Waals surface area (Å²) in [5, 5.41) is 3.37. The Morgan fingerprint density at radius 3 is 2.79 bits per heavy atom. The maximum Gasteiger partial charge on any atom is 0.123 e. The van der Waals surface area contributed by atoms with Crippen LogP contribution >= 0.6 is 0 Å². The number of ether oxygens (including phenoxy) is 1. The maximum atomic E-state index is 13.3. The van der Waals surface area contributed by atoms with Crippen molar-refractivity contribution in [3.63, 3.8) is 0 Å². The summed E-state index contributed by atoms with van der Waals surface area (Å²) in [5.74, 6) is 0.670. The molecule has 2 nitrogen and oxygen atoms in total. The van der Waals surface area contributed by atoms with Crippen LogP contribution in [-0.2, 0) is 4.74 Å². The highest BCUT2D eigenvalue weighted by Gasteiger charge is 2.21. The summed E-state index contributed by atoms with van der Waals surface area (Å²) in [4.78, 5) is 0. The minimum Gasteiger partial charge on any atom is -0.372 e. The molecule has 0 spiro atoms. The first kappa shape index (κ1) is 14.5. The molecular weight excluding hydrogens is 241 g/mol. The van der Waals surface area contributed by atoms with Crippen LogP contribution in [0.4, 0.5) is 4.39 Å². The predicted molar refractivity (Wildman–Crippen MR) is 75.6 cm³/mol. The van der Waals surface area contributed by atoms with Gasteiger partial charge in [0.1, 0.15) is 5.82 Å². The predicted octanol–water partition coefficient (Wildman–Crippen LogP) is 3.68. The van der Waals surface area contributed by atoms with Crippen molar-refractivity contribution in [3.05, 3.63) is 35.6 Å². The third-order valence-electron chi connectivity index (χ3n) is 3.47. The Balaban J connectivity index is 1.91. The summed E-state index contributed by atoms with van der Waals surface area (Å²) >= 11 is 0. The summed E-state index contributed by atoms with van der Waals surface area (Å²) in [7, 11) is 0. The van der Waals surface area contributed by atoms with Crippen molar-refractivity contribution in [1.82, 2.24) is 5.32 Å². The van der Waals surface area contributed by atoms with Gasteiger partial charge in [-0.15, -0.1) is 0 Å². The van der Waals surface area contributed by atoms with Crippen molar-refractivity contribution in [2.45, 2.75) is 45.3 Å². The molecule has 0 amide bonds. The first-order valence-corrected chi connectivity index (χ1v) is 7.25. The van der Waals surface area contributed by atoms with Crippen molar-refractivity contribution in [2.24, 2.45) is 5.92 Å². The molecule has 1 N–H and O–H groups in total. The van der Waals surface area contributed by atoms with Crippen molar-refractivity contribution < 1.29 is 9.13 Å². The highest BCUT2D eigenvalue weighted by molar-refractivity contribution is 5.19. The Hall–Kier alpha value is -0.930. The maximum absolute atomic E-state index is 13.3. The van der Waals surface area contributed by atoms with Gasteiger partial charge >= 0.3 is 0 Å². The minimum atomic E-state index is -0.196. The molecule has 1 aliphatic rings. The second-order valence-corrected chi connectivity index (χ2v) is 5.71. The molecule has 106 valence electrons. The van der Waals surface area contributed by atoms with E-state index in [0.717, 1.165) is 31.1 Å². The van der Waals surface area contributed by atoms with Gasteiger partial charge in [0, 0.05) is 19.2 Å². The smallest absolute Gasteiger partial charge is 0.123 e. The van der Waals surface area contributed by atoms with Crippen LogP contribution in [0.2, 0.25) is 0 Å². The van der Waals surface area contributed by atoms with Crippen molar-refractivity contribution >= 4 is 0 Å². The standard InChI is InChI=1S/C16H24FNO/c1-12(2)18-11-16(19-9-8-13-6-7-13)14-4-3-5-15(17)10-14/h3-5,10,12-13,16,18H,6-9,11H2,1-2H3. The van der Waals surface area contributed by atoms with E-state index in [1.807, 2.05) is 6.07 Å². The lowest BCUT2D eigenvalue weighted by atomic mass is 10.1. The van der Waals surface area contributed by atoms with Gasteiger partial charge in [0.05, 0.1) is 6.10 Å². The van der Waals surface area contributed by atoms with Gasteiger partial charge in [0.2, 0.25) is 0 Å². The van der Waals surface area contributed by atoms with Gasteiger partial charge in [0.15, 0.2) is 0 Å². The molecule has 1 aromatic rings. The van der Waals surface area contributed by atoms with Crippen molar-refractivity contribution in [1.29, 1.82) is 0 Å². The number of benzene rings is 1. The molecule has 1 aliphatic carbocycles. The van der Waals surface area contributed by atoms with E-state index >= 15 is 0 Å². The molecule has 1 aromatic carbocycles. The summed E-state index contributed by atoms with van der Waals surface area (Å²) in [5.41, 5.74) is 0.920. The van der Waals surface area contributed by atoms with Crippen molar-refractivity contribution in [3.8, 4) is 0 Å². The van der Waals surface area contributed by atoms with E-state index in [1.54, 1.807) is 12.1 Å². The van der Waals surface area contributed by atoms with Gasteiger partial charge in [0.25, 0.3) is 0 Å². The van der Waals surface area contributed by atoms with Crippen LogP contribution in [-0.4, -0.2) is 19.2 Å². The normalized spacial score (nSPS) is 16.8. The zero-order chi connectivity index (χ0) is 13.7. The average molecular weight is 265 g/mol. The number of halogens is 1. The highest BCUT2D eigenvalue weighted by Crippen LogP contribution is 2.32. The molecular formula is C16H24FNO. The van der Waals surface area contributed by atoms with Gasteiger partial charge in [-0.2, -0.15) is 0 Å². The Morgan fingerprint density at radius 2 is 2.16 bits per heavy atom. The Labute approximate surface area is 115 Å². The summed E-state index contributed by atoms with van der Waals surface area (Å²) in [6, 6.07) is 7.14. The first-order chi connectivity index (χ1) is 9.15. The summed E-state index contributed by atoms with van der Waals surface area (Å²) in [6.45, 7) is 5.71. The molecule has 2 rings (SSSR count). The molecule has 0 saturated heterocycles. The fourth-order valence-electron chi connectivity index (χ4n) is 2.11. The topological polar surface area (TPSA) is 21.3 Å². The third-order valence-corrected chi connectivity index (χ3v) is 3.47. The summed E-state index contributed by atoms with van der Waals surface area (Å²) < 4.78 is 19.3. The van der Waals surface area contributed by atoms with Crippen LogP contribution in [0.3, 0.4) is 0 Å². The molecule has 0 aromatic heterocycles. The highest BCUT2D eigenvalue weighted by atomic mass is 19.1. The molecule has 19 heavy (non-hydrogen) atoms. The fourth-order valence-corrected chi connectivity index (χ4v) is 2.11. The lowest BCUT2D eigenvalue weighted by Gasteiger charge is -2.20. The van der Waals surface area contributed by atoms with Crippen LogP contribution in [0.15, 0.2) is 24.3 Å². The van der Waals surface area contributed by atoms with Gasteiger partial charge in [-0.25, -0.2) is 4.39 Å².